The average molecular weight is 305 g/mol. The minimum absolute atomic E-state index is 0.358. The van der Waals surface area contributed by atoms with Gasteiger partial charge in [-0.05, 0) is 38.3 Å². The first-order chi connectivity index (χ1) is 9.41. The molecule has 0 aromatic heterocycles. The Kier molecular flexibility index (Phi) is 6.91. The van der Waals surface area contributed by atoms with Gasteiger partial charge in [-0.2, -0.15) is 17.0 Å². The number of rotatable bonds is 8. The highest BCUT2D eigenvalue weighted by Crippen LogP contribution is 2.38. The predicted molar refractivity (Wildman–Crippen MR) is 83.9 cm³/mol. The Labute approximate surface area is 124 Å². The van der Waals surface area contributed by atoms with E-state index in [0.717, 1.165) is 38.6 Å². The van der Waals surface area contributed by atoms with Crippen molar-refractivity contribution in [2.45, 2.75) is 46.0 Å². The van der Waals surface area contributed by atoms with E-state index in [2.05, 4.69) is 19.2 Å². The molecule has 0 spiro atoms. The summed E-state index contributed by atoms with van der Waals surface area (Å²) in [7, 11) is 0.300. The van der Waals surface area contributed by atoms with E-state index in [9.17, 15) is 8.42 Å². The predicted octanol–water partition coefficient (Wildman–Crippen LogP) is 1.67. The molecular weight excluding hydrogens is 274 g/mol. The topological polar surface area (TPSA) is 52.7 Å². The molecule has 20 heavy (non-hydrogen) atoms. The first-order valence-corrected chi connectivity index (χ1v) is 9.17. The van der Waals surface area contributed by atoms with Crippen LogP contribution in [-0.4, -0.2) is 57.3 Å². The number of hydrogen-bond acceptors (Lipinski definition) is 3. The van der Waals surface area contributed by atoms with Crippen LogP contribution < -0.4 is 5.32 Å². The van der Waals surface area contributed by atoms with Crippen molar-refractivity contribution < 1.29 is 8.42 Å². The Morgan fingerprint density at radius 1 is 1.20 bits per heavy atom. The van der Waals surface area contributed by atoms with Crippen LogP contribution in [0.5, 0.6) is 0 Å². The molecule has 0 aromatic carbocycles. The van der Waals surface area contributed by atoms with E-state index >= 15 is 0 Å². The van der Waals surface area contributed by atoms with Crippen LogP contribution in [0.2, 0.25) is 0 Å². The first kappa shape index (κ1) is 17.9. The number of nitrogens with zero attached hydrogens (tertiary/aromatic N) is 2. The lowest BCUT2D eigenvalue weighted by Gasteiger charge is -2.41. The highest BCUT2D eigenvalue weighted by molar-refractivity contribution is 7.86. The lowest BCUT2D eigenvalue weighted by Crippen LogP contribution is -2.48. The van der Waals surface area contributed by atoms with E-state index in [4.69, 9.17) is 0 Å². The highest BCUT2D eigenvalue weighted by Gasteiger charge is 2.36. The van der Waals surface area contributed by atoms with Crippen LogP contribution in [0.4, 0.5) is 0 Å². The van der Waals surface area contributed by atoms with Crippen molar-refractivity contribution in [1.29, 1.82) is 0 Å². The molecule has 0 radical (unpaired) electrons. The summed E-state index contributed by atoms with van der Waals surface area (Å²) in [6.45, 7) is 7.19. The molecular formula is C14H31N3O2S. The Morgan fingerprint density at radius 2 is 1.75 bits per heavy atom. The van der Waals surface area contributed by atoms with E-state index in [1.54, 1.807) is 11.4 Å². The fourth-order valence-electron chi connectivity index (χ4n) is 2.94. The Hall–Kier alpha value is -0.170. The van der Waals surface area contributed by atoms with E-state index in [0.29, 0.717) is 25.0 Å². The second kappa shape index (κ2) is 7.73. The standard InChI is InChI=1S/C14H31N3O2S/c1-5-14(6-2)8-12-17(13-9-14)20(18,19)16(4)11-7-10-15-3/h15H,5-13H2,1-4H3. The van der Waals surface area contributed by atoms with Crippen LogP contribution in [0.15, 0.2) is 0 Å². The molecule has 1 rings (SSSR count). The van der Waals surface area contributed by atoms with Gasteiger partial charge in [-0.3, -0.25) is 0 Å². The summed E-state index contributed by atoms with van der Waals surface area (Å²) in [6, 6.07) is 0. The maximum Gasteiger partial charge on any atom is 0.281 e. The minimum Gasteiger partial charge on any atom is -0.320 e. The summed E-state index contributed by atoms with van der Waals surface area (Å²) >= 11 is 0. The lowest BCUT2D eigenvalue weighted by molar-refractivity contribution is 0.137. The van der Waals surface area contributed by atoms with Crippen LogP contribution in [0, 0.1) is 5.41 Å². The summed E-state index contributed by atoms with van der Waals surface area (Å²) in [5.41, 5.74) is 0.358. The molecule has 1 aliphatic heterocycles. The molecule has 1 heterocycles. The second-order valence-electron chi connectivity index (χ2n) is 5.89. The van der Waals surface area contributed by atoms with Crippen LogP contribution in [0.3, 0.4) is 0 Å². The van der Waals surface area contributed by atoms with Crippen molar-refractivity contribution in [3.63, 3.8) is 0 Å². The Balaban J connectivity index is 2.58. The molecule has 1 aliphatic rings. The molecule has 0 atom stereocenters. The largest absolute Gasteiger partial charge is 0.320 e. The van der Waals surface area contributed by atoms with Gasteiger partial charge in [-0.15, -0.1) is 0 Å². The van der Waals surface area contributed by atoms with Crippen LogP contribution in [-0.2, 0) is 10.2 Å². The number of nitrogens with one attached hydrogen (secondary N) is 1. The molecule has 1 N–H and O–H groups in total. The van der Waals surface area contributed by atoms with Gasteiger partial charge >= 0.3 is 0 Å². The van der Waals surface area contributed by atoms with Crippen molar-refractivity contribution in [2.75, 3.05) is 40.3 Å². The van der Waals surface area contributed by atoms with Gasteiger partial charge in [0.15, 0.2) is 0 Å². The third-order valence-electron chi connectivity index (χ3n) is 4.90. The Morgan fingerprint density at radius 3 is 2.20 bits per heavy atom. The van der Waals surface area contributed by atoms with Gasteiger partial charge in [0.1, 0.15) is 0 Å². The van der Waals surface area contributed by atoms with Crippen molar-refractivity contribution in [3.05, 3.63) is 0 Å². The summed E-state index contributed by atoms with van der Waals surface area (Å²) in [5, 5.41) is 3.04. The maximum absolute atomic E-state index is 12.5. The molecule has 0 saturated carbocycles. The normalized spacial score (nSPS) is 20.4. The molecule has 6 heteroatoms. The first-order valence-electron chi connectivity index (χ1n) is 7.78. The summed E-state index contributed by atoms with van der Waals surface area (Å²) in [4.78, 5) is 0. The van der Waals surface area contributed by atoms with Crippen molar-refractivity contribution in [2.24, 2.45) is 5.41 Å². The maximum atomic E-state index is 12.5. The molecule has 0 amide bonds. The van der Waals surface area contributed by atoms with Gasteiger partial charge in [0.2, 0.25) is 0 Å². The Bertz CT molecular complexity index is 370. The SMILES string of the molecule is CCC1(CC)CCN(S(=O)(=O)N(C)CCCNC)CC1. The molecule has 0 bridgehead atoms. The third kappa shape index (κ3) is 4.16. The summed E-state index contributed by atoms with van der Waals surface area (Å²) in [5.74, 6) is 0. The minimum atomic E-state index is -3.27. The van der Waals surface area contributed by atoms with Gasteiger partial charge in [-0.1, -0.05) is 26.7 Å². The summed E-state index contributed by atoms with van der Waals surface area (Å²) < 4.78 is 28.2. The fraction of sp³-hybridized carbons (Fsp3) is 1.00. The monoisotopic (exact) mass is 305 g/mol. The van der Waals surface area contributed by atoms with E-state index in [1.807, 2.05) is 7.05 Å². The average Bonchev–Trinajstić information content (AvgIpc) is 2.47. The lowest BCUT2D eigenvalue weighted by atomic mass is 9.75. The summed E-state index contributed by atoms with van der Waals surface area (Å²) in [6.07, 6.45) is 5.12. The zero-order valence-corrected chi connectivity index (χ0v) is 14.3. The van der Waals surface area contributed by atoms with Gasteiger partial charge in [0.05, 0.1) is 0 Å². The molecule has 1 saturated heterocycles. The van der Waals surface area contributed by atoms with Gasteiger partial charge in [0.25, 0.3) is 10.2 Å². The van der Waals surface area contributed by atoms with E-state index < -0.39 is 10.2 Å². The van der Waals surface area contributed by atoms with Gasteiger partial charge in [-0.25, -0.2) is 0 Å². The second-order valence-corrected chi connectivity index (χ2v) is 7.93. The van der Waals surface area contributed by atoms with E-state index in [-0.39, 0.29) is 0 Å². The zero-order chi connectivity index (χ0) is 15.2. The quantitative estimate of drug-likeness (QED) is 0.694. The third-order valence-corrected chi connectivity index (χ3v) is 6.89. The smallest absolute Gasteiger partial charge is 0.281 e. The molecule has 5 nitrogen and oxygen atoms in total. The van der Waals surface area contributed by atoms with Gasteiger partial charge < -0.3 is 5.32 Å². The van der Waals surface area contributed by atoms with Crippen LogP contribution in [0.25, 0.3) is 0 Å². The van der Waals surface area contributed by atoms with Crippen LogP contribution in [0.1, 0.15) is 46.0 Å². The molecule has 0 aromatic rings. The zero-order valence-electron chi connectivity index (χ0n) is 13.5. The van der Waals surface area contributed by atoms with Crippen LogP contribution >= 0.6 is 0 Å². The molecule has 0 unspecified atom stereocenters. The number of hydrogen-bond donors (Lipinski definition) is 1. The fourth-order valence-corrected chi connectivity index (χ4v) is 4.34. The number of piperidine rings is 1. The molecule has 120 valence electrons. The van der Waals surface area contributed by atoms with E-state index in [1.165, 1.54) is 4.31 Å². The highest BCUT2D eigenvalue weighted by atomic mass is 32.2. The molecule has 0 aliphatic carbocycles. The van der Waals surface area contributed by atoms with Gasteiger partial charge in [0, 0.05) is 26.7 Å². The van der Waals surface area contributed by atoms with Crippen molar-refractivity contribution >= 4 is 10.2 Å². The van der Waals surface area contributed by atoms with Crippen molar-refractivity contribution in [3.8, 4) is 0 Å². The molecule has 1 fully saturated rings. The van der Waals surface area contributed by atoms with Crippen molar-refractivity contribution in [1.82, 2.24) is 13.9 Å².